The van der Waals surface area contributed by atoms with Gasteiger partial charge in [0.15, 0.2) is 0 Å². The van der Waals surface area contributed by atoms with Crippen LogP contribution in [0, 0.1) is 17.8 Å². The molecule has 0 N–H and O–H groups in total. The van der Waals surface area contributed by atoms with Gasteiger partial charge in [0.25, 0.3) is 5.91 Å². The van der Waals surface area contributed by atoms with Crippen LogP contribution in [0.1, 0.15) is 74.7 Å². The minimum absolute atomic E-state index is 0.0623. The third kappa shape index (κ3) is 3.59. The van der Waals surface area contributed by atoms with Crippen LogP contribution in [0.3, 0.4) is 0 Å². The highest BCUT2D eigenvalue weighted by Crippen LogP contribution is 2.44. The summed E-state index contributed by atoms with van der Waals surface area (Å²) in [5, 5.41) is 4.35. The second-order valence-corrected chi connectivity index (χ2v) is 9.91. The molecule has 5 rings (SSSR count). The van der Waals surface area contributed by atoms with Gasteiger partial charge in [0, 0.05) is 44.8 Å². The number of hydrogen-bond acceptors (Lipinski definition) is 3. The van der Waals surface area contributed by atoms with Crippen LogP contribution in [0.2, 0.25) is 0 Å². The van der Waals surface area contributed by atoms with Crippen molar-refractivity contribution in [1.82, 2.24) is 19.6 Å². The molecule has 1 aliphatic carbocycles. The average Bonchev–Trinajstić information content (AvgIpc) is 3.17. The Hall–Kier alpha value is -1.85. The number of fused-ring (bicyclic) bond motifs is 4. The Morgan fingerprint density at radius 1 is 1.10 bits per heavy atom. The van der Waals surface area contributed by atoms with E-state index in [9.17, 15) is 9.59 Å². The van der Waals surface area contributed by atoms with Crippen LogP contribution in [0.5, 0.6) is 0 Å². The Morgan fingerprint density at radius 3 is 2.66 bits per heavy atom. The molecule has 1 saturated carbocycles. The molecule has 158 valence electrons. The molecule has 3 saturated heterocycles. The van der Waals surface area contributed by atoms with Gasteiger partial charge in [-0.2, -0.15) is 5.10 Å². The van der Waals surface area contributed by atoms with Crippen LogP contribution >= 0.6 is 0 Å². The molecule has 1 aromatic rings. The van der Waals surface area contributed by atoms with E-state index >= 15 is 0 Å². The highest BCUT2D eigenvalue weighted by atomic mass is 16.2. The third-order valence-electron chi connectivity index (χ3n) is 8.02. The fourth-order valence-electron chi connectivity index (χ4n) is 6.70. The number of carbonyl (C=O) groups is 2. The highest BCUT2D eigenvalue weighted by molar-refractivity contribution is 5.92. The molecule has 0 radical (unpaired) electrons. The summed E-state index contributed by atoms with van der Waals surface area (Å²) in [6, 6.07) is 2.48. The van der Waals surface area contributed by atoms with Gasteiger partial charge in [0.2, 0.25) is 5.91 Å². The number of amides is 2. The van der Waals surface area contributed by atoms with Gasteiger partial charge < -0.3 is 9.80 Å². The molecule has 6 heteroatoms. The maximum atomic E-state index is 13.1. The summed E-state index contributed by atoms with van der Waals surface area (Å²) in [4.78, 5) is 30.5. The molecule has 2 amide bonds. The van der Waals surface area contributed by atoms with E-state index in [-0.39, 0.29) is 5.91 Å². The van der Waals surface area contributed by atoms with Crippen molar-refractivity contribution in [1.29, 1.82) is 0 Å². The lowest BCUT2D eigenvalue weighted by molar-refractivity contribution is -0.153. The normalized spacial score (nSPS) is 32.9. The van der Waals surface area contributed by atoms with Gasteiger partial charge in [-0.25, -0.2) is 0 Å². The molecule has 6 nitrogen and oxygen atoms in total. The Morgan fingerprint density at radius 2 is 1.90 bits per heavy atom. The SMILES string of the molecule is Cn1ccc(C(=O)N2C[C@H]3C[C@@H](C2)[C@H](CC2CCCCC2)N2C(=O)CCC[C@@H]32)n1. The number of carbonyl (C=O) groups excluding carboxylic acids is 2. The topological polar surface area (TPSA) is 58.4 Å². The molecule has 3 aliphatic heterocycles. The Bertz CT molecular complexity index is 769. The Kier molecular flexibility index (Phi) is 5.12. The predicted molar refractivity (Wildman–Crippen MR) is 110 cm³/mol. The highest BCUT2D eigenvalue weighted by Gasteiger charge is 2.50. The first-order valence-corrected chi connectivity index (χ1v) is 11.7. The second kappa shape index (κ2) is 7.77. The quantitative estimate of drug-likeness (QED) is 0.785. The van der Waals surface area contributed by atoms with Crippen LogP contribution < -0.4 is 0 Å². The van der Waals surface area contributed by atoms with E-state index in [1.54, 1.807) is 4.68 Å². The van der Waals surface area contributed by atoms with Crippen LogP contribution in [0.4, 0.5) is 0 Å². The van der Waals surface area contributed by atoms with Gasteiger partial charge in [-0.05, 0) is 49.5 Å². The number of piperidine rings is 3. The summed E-state index contributed by atoms with van der Waals surface area (Å²) in [5.41, 5.74) is 0.549. The molecular weight excluding hydrogens is 364 g/mol. The van der Waals surface area contributed by atoms with Gasteiger partial charge in [0.1, 0.15) is 5.69 Å². The van der Waals surface area contributed by atoms with Gasteiger partial charge in [-0.1, -0.05) is 32.1 Å². The molecule has 4 atom stereocenters. The molecule has 1 aromatic heterocycles. The molecule has 4 heterocycles. The van der Waals surface area contributed by atoms with E-state index < -0.39 is 0 Å². The predicted octanol–water partition coefficient (Wildman–Crippen LogP) is 3.23. The first-order chi connectivity index (χ1) is 14.1. The van der Waals surface area contributed by atoms with Crippen molar-refractivity contribution in [3.8, 4) is 0 Å². The third-order valence-corrected chi connectivity index (χ3v) is 8.02. The molecule has 0 aromatic carbocycles. The average molecular weight is 399 g/mol. The number of likely N-dealkylation sites (tertiary alicyclic amines) is 1. The van der Waals surface area contributed by atoms with Crippen molar-refractivity contribution in [3.63, 3.8) is 0 Å². The molecule has 0 spiro atoms. The summed E-state index contributed by atoms with van der Waals surface area (Å²) in [7, 11) is 1.85. The fraction of sp³-hybridized carbons (Fsp3) is 0.783. The van der Waals surface area contributed by atoms with Crippen molar-refractivity contribution in [2.45, 2.75) is 76.3 Å². The van der Waals surface area contributed by atoms with Crippen LogP contribution in [0.25, 0.3) is 0 Å². The molecular formula is C23H34N4O2. The minimum Gasteiger partial charge on any atom is -0.337 e. The van der Waals surface area contributed by atoms with E-state index in [0.29, 0.717) is 41.9 Å². The summed E-state index contributed by atoms with van der Waals surface area (Å²) >= 11 is 0. The van der Waals surface area contributed by atoms with Crippen molar-refractivity contribution in [3.05, 3.63) is 18.0 Å². The summed E-state index contributed by atoms with van der Waals surface area (Å²) < 4.78 is 1.70. The second-order valence-electron chi connectivity index (χ2n) is 9.91. The molecule has 0 unspecified atom stereocenters. The largest absolute Gasteiger partial charge is 0.337 e. The minimum atomic E-state index is 0.0623. The Balaban J connectivity index is 1.39. The molecule has 2 bridgehead atoms. The van der Waals surface area contributed by atoms with E-state index in [0.717, 1.165) is 38.3 Å². The summed E-state index contributed by atoms with van der Waals surface area (Å²) in [6.45, 7) is 1.55. The smallest absolute Gasteiger partial charge is 0.274 e. The standard InChI is InChI=1S/C23H34N4O2/c1-25-11-10-19(24-25)23(29)26-14-17-13-18(15-26)21(12-16-6-3-2-4-7-16)27-20(17)8-5-9-22(27)28/h10-11,16-18,20-21H,2-9,12-15H2,1H3/t17-,18+,20+,21+/m1/s1. The van der Waals surface area contributed by atoms with E-state index in [1.807, 2.05) is 24.2 Å². The van der Waals surface area contributed by atoms with E-state index in [4.69, 9.17) is 0 Å². The van der Waals surface area contributed by atoms with E-state index in [2.05, 4.69) is 10.00 Å². The van der Waals surface area contributed by atoms with Crippen molar-refractivity contribution in [2.24, 2.45) is 24.8 Å². The fourth-order valence-corrected chi connectivity index (χ4v) is 6.70. The zero-order valence-electron chi connectivity index (χ0n) is 17.6. The lowest BCUT2D eigenvalue weighted by atomic mass is 9.69. The van der Waals surface area contributed by atoms with E-state index in [1.165, 1.54) is 38.5 Å². The summed E-state index contributed by atoms with van der Waals surface area (Å²) in [6.07, 6.45) is 13.7. The number of nitrogens with zero attached hydrogens (tertiary/aromatic N) is 4. The van der Waals surface area contributed by atoms with Gasteiger partial charge in [-0.15, -0.1) is 0 Å². The van der Waals surface area contributed by atoms with Gasteiger partial charge in [0.05, 0.1) is 0 Å². The van der Waals surface area contributed by atoms with Crippen LogP contribution in [-0.4, -0.2) is 56.6 Å². The monoisotopic (exact) mass is 398 g/mol. The maximum Gasteiger partial charge on any atom is 0.274 e. The van der Waals surface area contributed by atoms with Gasteiger partial charge >= 0.3 is 0 Å². The van der Waals surface area contributed by atoms with Crippen molar-refractivity contribution < 1.29 is 9.59 Å². The lowest BCUT2D eigenvalue weighted by Gasteiger charge is -2.57. The molecule has 29 heavy (non-hydrogen) atoms. The number of hydrogen-bond donors (Lipinski definition) is 0. The lowest BCUT2D eigenvalue weighted by Crippen LogP contribution is -2.65. The van der Waals surface area contributed by atoms with Crippen LogP contribution in [0.15, 0.2) is 12.3 Å². The Labute approximate surface area is 173 Å². The zero-order chi connectivity index (χ0) is 20.0. The number of rotatable bonds is 3. The van der Waals surface area contributed by atoms with Crippen LogP contribution in [-0.2, 0) is 11.8 Å². The molecule has 4 fully saturated rings. The number of aryl methyl sites for hydroxylation is 1. The van der Waals surface area contributed by atoms with Gasteiger partial charge in [-0.3, -0.25) is 14.3 Å². The van der Waals surface area contributed by atoms with Crippen molar-refractivity contribution >= 4 is 11.8 Å². The molecule has 4 aliphatic rings. The number of aromatic nitrogens is 2. The summed E-state index contributed by atoms with van der Waals surface area (Å²) in [5.74, 6) is 2.03. The van der Waals surface area contributed by atoms with Crippen molar-refractivity contribution in [2.75, 3.05) is 13.1 Å². The maximum absolute atomic E-state index is 13.1. The first kappa shape index (κ1) is 19.1. The zero-order valence-corrected chi connectivity index (χ0v) is 17.6. The first-order valence-electron chi connectivity index (χ1n) is 11.7.